The Balaban J connectivity index is 0.000000791. The zero-order valence-corrected chi connectivity index (χ0v) is 8.54. The van der Waals surface area contributed by atoms with Crippen LogP contribution in [0.2, 0.25) is 0 Å². The second-order valence-electron chi connectivity index (χ2n) is 2.25. The Hall–Kier alpha value is -1.31. The number of nitrogens with two attached hydrogens (primary N) is 2. The first-order valence-electron chi connectivity index (χ1n) is 3.73. The third kappa shape index (κ3) is 3.21. The van der Waals surface area contributed by atoms with E-state index in [0.717, 1.165) is 6.07 Å². The molecule has 0 aromatic heterocycles. The van der Waals surface area contributed by atoms with E-state index in [1.165, 1.54) is 12.1 Å². The van der Waals surface area contributed by atoms with E-state index in [-0.39, 0.29) is 5.69 Å². The molecule has 1 aromatic rings. The van der Waals surface area contributed by atoms with E-state index in [4.69, 9.17) is 11.5 Å². The number of rotatable bonds is 1. The molecule has 0 aliphatic rings. The standard InChI is InChI=1S/C6H8N2O3S.CH5N/c7-4-1-2-6(5(8)3-4)12(9,10)11;1-2/h1-3H,7-8H2,(H,9,10,11);2H2,1H3. The van der Waals surface area contributed by atoms with Crippen molar-refractivity contribution in [3.63, 3.8) is 0 Å². The van der Waals surface area contributed by atoms with Crippen molar-refractivity contribution in [3.8, 4) is 0 Å². The van der Waals surface area contributed by atoms with Gasteiger partial charge in [0, 0.05) is 5.69 Å². The Labute approximate surface area is 82.5 Å². The van der Waals surface area contributed by atoms with Gasteiger partial charge in [0.25, 0.3) is 0 Å². The lowest BCUT2D eigenvalue weighted by Crippen LogP contribution is -2.40. The molecule has 0 aliphatic carbocycles. The topological polar surface area (TPSA) is 137 Å². The molecule has 0 amide bonds. The first kappa shape index (κ1) is 12.7. The van der Waals surface area contributed by atoms with Gasteiger partial charge in [-0.3, -0.25) is 0 Å². The van der Waals surface area contributed by atoms with Gasteiger partial charge in [-0.1, -0.05) is 0 Å². The lowest BCUT2D eigenvalue weighted by Gasteiger charge is -2.09. The van der Waals surface area contributed by atoms with Crippen molar-refractivity contribution in [2.24, 2.45) is 0 Å². The monoisotopic (exact) mass is 219 g/mol. The van der Waals surface area contributed by atoms with Gasteiger partial charge in [0.1, 0.15) is 10.1 Å². The van der Waals surface area contributed by atoms with Crippen molar-refractivity contribution in [1.29, 1.82) is 0 Å². The van der Waals surface area contributed by atoms with Gasteiger partial charge in [-0.05, 0) is 18.2 Å². The molecule has 0 aliphatic heterocycles. The molecule has 0 radical (unpaired) electrons. The maximum atomic E-state index is 10.5. The summed E-state index contributed by atoms with van der Waals surface area (Å²) in [4.78, 5) is -0.434. The van der Waals surface area contributed by atoms with E-state index in [1.54, 1.807) is 7.05 Å². The molecule has 0 atom stereocenters. The molecule has 14 heavy (non-hydrogen) atoms. The van der Waals surface area contributed by atoms with E-state index >= 15 is 0 Å². The molecule has 0 heterocycles. The van der Waals surface area contributed by atoms with Crippen LogP contribution in [0.1, 0.15) is 0 Å². The summed E-state index contributed by atoms with van der Waals surface area (Å²) in [6.07, 6.45) is 0. The lowest BCUT2D eigenvalue weighted by molar-refractivity contribution is -0.325. The molecule has 0 fully saturated rings. The van der Waals surface area contributed by atoms with Crippen LogP contribution in [0.5, 0.6) is 0 Å². The van der Waals surface area contributed by atoms with Gasteiger partial charge in [0.05, 0.1) is 17.6 Å². The zero-order valence-electron chi connectivity index (χ0n) is 7.73. The summed E-state index contributed by atoms with van der Waals surface area (Å²) in [5.74, 6) is 0. The van der Waals surface area contributed by atoms with Crippen LogP contribution >= 0.6 is 0 Å². The quantitative estimate of drug-likeness (QED) is 0.394. The van der Waals surface area contributed by atoms with Crippen molar-refractivity contribution < 1.29 is 18.7 Å². The molecule has 80 valence electrons. The van der Waals surface area contributed by atoms with Gasteiger partial charge >= 0.3 is 0 Å². The second-order valence-corrected chi connectivity index (χ2v) is 3.60. The normalized spacial score (nSPS) is 10.2. The summed E-state index contributed by atoms with van der Waals surface area (Å²) in [6.45, 7) is 0. The van der Waals surface area contributed by atoms with Gasteiger partial charge < -0.3 is 21.8 Å². The van der Waals surface area contributed by atoms with Crippen molar-refractivity contribution in [2.75, 3.05) is 18.5 Å². The summed E-state index contributed by atoms with van der Waals surface area (Å²) in [5.41, 5.74) is 14.0. The van der Waals surface area contributed by atoms with Gasteiger partial charge in [0.2, 0.25) is 0 Å². The molecule has 0 bridgehead atoms. The summed E-state index contributed by atoms with van der Waals surface area (Å²) < 4.78 is 31.5. The largest absolute Gasteiger partial charge is 0.744 e. The number of anilines is 2. The van der Waals surface area contributed by atoms with E-state index in [1.807, 2.05) is 0 Å². The molecular weight excluding hydrogens is 206 g/mol. The molecule has 6 nitrogen and oxygen atoms in total. The number of hydrogen-bond donors (Lipinski definition) is 3. The van der Waals surface area contributed by atoms with E-state index in [9.17, 15) is 13.0 Å². The SMILES string of the molecule is C[NH3+].Nc1ccc(S(=O)(=O)[O-])c(N)c1. The Kier molecular flexibility index (Phi) is 4.35. The molecule has 0 saturated carbocycles. The van der Waals surface area contributed by atoms with Crippen LogP contribution in [0.15, 0.2) is 23.1 Å². The van der Waals surface area contributed by atoms with Gasteiger partial charge in [-0.2, -0.15) is 0 Å². The molecule has 0 spiro atoms. The fraction of sp³-hybridized carbons (Fsp3) is 0.143. The maximum Gasteiger partial charge on any atom is 0.126 e. The Morgan fingerprint density at radius 2 is 1.79 bits per heavy atom. The highest BCUT2D eigenvalue weighted by Gasteiger charge is 2.05. The van der Waals surface area contributed by atoms with Crippen LogP contribution < -0.4 is 17.2 Å². The molecule has 0 saturated heterocycles. The summed E-state index contributed by atoms with van der Waals surface area (Å²) in [7, 11) is -2.73. The minimum absolute atomic E-state index is 0.120. The predicted molar refractivity (Wildman–Crippen MR) is 52.0 cm³/mol. The summed E-state index contributed by atoms with van der Waals surface area (Å²) in [5, 5.41) is 0. The van der Waals surface area contributed by atoms with Crippen molar-refractivity contribution in [2.45, 2.75) is 4.90 Å². The summed E-state index contributed by atoms with van der Waals surface area (Å²) in [6, 6.07) is 3.62. The van der Waals surface area contributed by atoms with E-state index in [0.29, 0.717) is 5.69 Å². The van der Waals surface area contributed by atoms with Crippen LogP contribution in [-0.4, -0.2) is 20.0 Å². The molecular formula is C7H13N3O3S. The molecule has 7 heteroatoms. The number of quaternary nitrogens is 1. The number of benzene rings is 1. The smallest absolute Gasteiger partial charge is 0.126 e. The Morgan fingerprint density at radius 3 is 2.14 bits per heavy atom. The van der Waals surface area contributed by atoms with Crippen LogP contribution in [0.3, 0.4) is 0 Å². The average Bonchev–Trinajstić information content (AvgIpc) is 2.05. The van der Waals surface area contributed by atoms with Crippen LogP contribution in [0.25, 0.3) is 0 Å². The van der Waals surface area contributed by atoms with E-state index < -0.39 is 15.0 Å². The molecule has 7 N–H and O–H groups in total. The minimum Gasteiger partial charge on any atom is -0.744 e. The Morgan fingerprint density at radius 1 is 1.29 bits per heavy atom. The number of nitrogen functional groups attached to an aromatic ring is 2. The molecule has 1 aromatic carbocycles. The van der Waals surface area contributed by atoms with Gasteiger partial charge in [0.15, 0.2) is 0 Å². The maximum absolute atomic E-state index is 10.5. The van der Waals surface area contributed by atoms with Gasteiger partial charge in [-0.15, -0.1) is 0 Å². The molecule has 1 rings (SSSR count). The summed E-state index contributed by atoms with van der Waals surface area (Å²) >= 11 is 0. The first-order valence-corrected chi connectivity index (χ1v) is 5.13. The lowest BCUT2D eigenvalue weighted by atomic mass is 10.3. The fourth-order valence-electron chi connectivity index (χ4n) is 0.795. The number of hydrogen-bond acceptors (Lipinski definition) is 5. The highest BCUT2D eigenvalue weighted by molar-refractivity contribution is 7.86. The predicted octanol–water partition coefficient (Wildman–Crippen LogP) is -1.39. The highest BCUT2D eigenvalue weighted by atomic mass is 32.2. The Bertz CT molecular complexity index is 403. The van der Waals surface area contributed by atoms with Crippen molar-refractivity contribution >= 4 is 21.5 Å². The third-order valence-electron chi connectivity index (χ3n) is 1.30. The van der Waals surface area contributed by atoms with Gasteiger partial charge in [-0.25, -0.2) is 8.42 Å². The van der Waals surface area contributed by atoms with Crippen molar-refractivity contribution in [1.82, 2.24) is 0 Å². The average molecular weight is 219 g/mol. The third-order valence-corrected chi connectivity index (χ3v) is 2.21. The molecule has 0 unspecified atom stereocenters. The van der Waals surface area contributed by atoms with Crippen LogP contribution in [-0.2, 0) is 10.1 Å². The van der Waals surface area contributed by atoms with Crippen LogP contribution in [0.4, 0.5) is 11.4 Å². The first-order chi connectivity index (χ1) is 6.41. The van der Waals surface area contributed by atoms with E-state index in [2.05, 4.69) is 5.73 Å². The zero-order chi connectivity index (χ0) is 11.4. The minimum atomic E-state index is -4.48. The highest BCUT2D eigenvalue weighted by Crippen LogP contribution is 2.19. The van der Waals surface area contributed by atoms with Crippen LogP contribution in [0, 0.1) is 0 Å². The second kappa shape index (κ2) is 4.80. The fourth-order valence-corrected chi connectivity index (χ4v) is 1.38. The van der Waals surface area contributed by atoms with Crippen molar-refractivity contribution in [3.05, 3.63) is 18.2 Å².